The summed E-state index contributed by atoms with van der Waals surface area (Å²) in [5, 5.41) is 4.84. The summed E-state index contributed by atoms with van der Waals surface area (Å²) in [6.45, 7) is 1.92. The Morgan fingerprint density at radius 2 is 2.00 bits per heavy atom. The molecule has 120 valence electrons. The first-order chi connectivity index (χ1) is 10.9. The molecule has 1 aromatic carbocycles. The van der Waals surface area contributed by atoms with Gasteiger partial charge < -0.3 is 4.74 Å². The lowest BCUT2D eigenvalue weighted by Crippen LogP contribution is -2.16. The smallest absolute Gasteiger partial charge is 0.279 e. The van der Waals surface area contributed by atoms with E-state index in [0.717, 1.165) is 16.5 Å². The molecule has 0 atom stereocenters. The van der Waals surface area contributed by atoms with Crippen molar-refractivity contribution in [3.8, 4) is 5.88 Å². The van der Waals surface area contributed by atoms with Crippen LogP contribution < -0.4 is 9.46 Å². The van der Waals surface area contributed by atoms with Crippen molar-refractivity contribution < 1.29 is 13.2 Å². The van der Waals surface area contributed by atoms with Gasteiger partial charge in [-0.3, -0.25) is 9.40 Å². The first-order valence-electron chi connectivity index (χ1n) is 6.87. The van der Waals surface area contributed by atoms with Crippen LogP contribution >= 0.6 is 0 Å². The third-order valence-corrected chi connectivity index (χ3v) is 4.96. The largest absolute Gasteiger partial charge is 0.481 e. The van der Waals surface area contributed by atoms with E-state index in [-0.39, 0.29) is 5.03 Å². The zero-order valence-electron chi connectivity index (χ0n) is 12.9. The number of aryl methyl sites for hydroxylation is 2. The van der Waals surface area contributed by atoms with E-state index in [1.165, 1.54) is 16.9 Å². The highest BCUT2D eigenvalue weighted by molar-refractivity contribution is 7.92. The Labute approximate surface area is 134 Å². The molecule has 0 aliphatic rings. The standard InChI is InChI=1S/C15H16N4O3S/c1-10-8-14(22-3)17-13-5-4-11(9-12(10)13)18-23(20,21)15-6-7-16-19(15)2/h4-9,18H,1-3H3. The summed E-state index contributed by atoms with van der Waals surface area (Å²) in [6, 6.07) is 8.43. The molecular formula is C15H16N4O3S. The molecule has 2 aromatic heterocycles. The topological polar surface area (TPSA) is 86.1 Å². The zero-order valence-corrected chi connectivity index (χ0v) is 13.8. The maximum Gasteiger partial charge on any atom is 0.279 e. The Hall–Kier alpha value is -2.61. The molecule has 0 fully saturated rings. The van der Waals surface area contributed by atoms with Crippen LogP contribution in [0.15, 0.2) is 41.6 Å². The third kappa shape index (κ3) is 2.85. The summed E-state index contributed by atoms with van der Waals surface area (Å²) in [4.78, 5) is 4.34. The summed E-state index contributed by atoms with van der Waals surface area (Å²) in [5.74, 6) is 0.526. The Morgan fingerprint density at radius 3 is 2.65 bits per heavy atom. The number of nitrogens with zero attached hydrogens (tertiary/aromatic N) is 3. The Balaban J connectivity index is 2.01. The van der Waals surface area contributed by atoms with E-state index in [2.05, 4.69) is 14.8 Å². The molecule has 7 nitrogen and oxygen atoms in total. The van der Waals surface area contributed by atoms with Crippen molar-refractivity contribution in [2.45, 2.75) is 11.9 Å². The highest BCUT2D eigenvalue weighted by atomic mass is 32.2. The van der Waals surface area contributed by atoms with Crippen molar-refractivity contribution in [2.24, 2.45) is 7.05 Å². The number of rotatable bonds is 4. The number of aromatic nitrogens is 3. The van der Waals surface area contributed by atoms with Crippen LogP contribution in [0.5, 0.6) is 5.88 Å². The minimum atomic E-state index is -3.69. The first kappa shape index (κ1) is 15.3. The summed E-state index contributed by atoms with van der Waals surface area (Å²) in [5.41, 5.74) is 2.16. The lowest BCUT2D eigenvalue weighted by molar-refractivity contribution is 0.399. The molecule has 0 aliphatic heterocycles. The molecular weight excluding hydrogens is 316 g/mol. The molecule has 0 radical (unpaired) electrons. The van der Waals surface area contributed by atoms with Gasteiger partial charge in [0, 0.05) is 24.2 Å². The fourth-order valence-electron chi connectivity index (χ4n) is 2.36. The summed E-state index contributed by atoms with van der Waals surface area (Å²) < 4.78 is 33.8. The van der Waals surface area contributed by atoms with Crippen LogP contribution in [0, 0.1) is 6.92 Å². The van der Waals surface area contributed by atoms with Crippen molar-refractivity contribution in [2.75, 3.05) is 11.8 Å². The Bertz CT molecular complexity index is 980. The fourth-order valence-corrected chi connectivity index (χ4v) is 3.54. The first-order valence-corrected chi connectivity index (χ1v) is 8.35. The zero-order chi connectivity index (χ0) is 16.6. The van der Waals surface area contributed by atoms with Gasteiger partial charge in [-0.05, 0) is 36.8 Å². The number of anilines is 1. The summed E-state index contributed by atoms with van der Waals surface area (Å²) in [7, 11) is -0.551. The lowest BCUT2D eigenvalue weighted by Gasteiger charge is -2.10. The van der Waals surface area contributed by atoms with E-state index >= 15 is 0 Å². The molecule has 0 saturated heterocycles. The van der Waals surface area contributed by atoms with Gasteiger partial charge in [0.2, 0.25) is 5.88 Å². The average molecular weight is 332 g/mol. The minimum Gasteiger partial charge on any atom is -0.481 e. The van der Waals surface area contributed by atoms with E-state index in [1.807, 2.05) is 13.0 Å². The fraction of sp³-hybridized carbons (Fsp3) is 0.200. The summed E-state index contributed by atoms with van der Waals surface area (Å²) in [6.07, 6.45) is 1.44. The number of hydrogen-bond acceptors (Lipinski definition) is 5. The van der Waals surface area contributed by atoms with Gasteiger partial charge >= 0.3 is 0 Å². The number of pyridine rings is 1. The van der Waals surface area contributed by atoms with Gasteiger partial charge in [-0.2, -0.15) is 13.5 Å². The normalized spacial score (nSPS) is 11.6. The van der Waals surface area contributed by atoms with Crippen LogP contribution in [-0.4, -0.2) is 30.3 Å². The SMILES string of the molecule is COc1cc(C)c2cc(NS(=O)(=O)c3ccnn3C)ccc2n1. The van der Waals surface area contributed by atoms with Crippen LogP contribution in [0.25, 0.3) is 10.9 Å². The number of benzene rings is 1. The Kier molecular flexibility index (Phi) is 3.69. The number of fused-ring (bicyclic) bond motifs is 1. The molecule has 0 amide bonds. The second-order valence-electron chi connectivity index (χ2n) is 5.11. The number of sulfonamides is 1. The van der Waals surface area contributed by atoms with Crippen LogP contribution in [0.2, 0.25) is 0 Å². The third-order valence-electron chi connectivity index (χ3n) is 3.50. The van der Waals surface area contributed by atoms with E-state index in [1.54, 1.807) is 32.4 Å². The van der Waals surface area contributed by atoms with Gasteiger partial charge in [0.15, 0.2) is 5.03 Å². The highest BCUT2D eigenvalue weighted by Gasteiger charge is 2.18. The van der Waals surface area contributed by atoms with Gasteiger partial charge in [0.25, 0.3) is 10.0 Å². The minimum absolute atomic E-state index is 0.0992. The maximum atomic E-state index is 12.4. The van der Waals surface area contributed by atoms with E-state index in [9.17, 15) is 8.42 Å². The van der Waals surface area contributed by atoms with Gasteiger partial charge in [-0.25, -0.2) is 4.98 Å². The molecule has 0 aliphatic carbocycles. The van der Waals surface area contributed by atoms with Gasteiger partial charge in [0.1, 0.15) is 0 Å². The molecule has 2 heterocycles. The molecule has 0 bridgehead atoms. The Morgan fingerprint density at radius 1 is 1.22 bits per heavy atom. The molecule has 1 N–H and O–H groups in total. The van der Waals surface area contributed by atoms with Crippen molar-refractivity contribution in [3.05, 3.63) is 42.1 Å². The van der Waals surface area contributed by atoms with Crippen molar-refractivity contribution >= 4 is 26.6 Å². The monoisotopic (exact) mass is 332 g/mol. The molecule has 8 heteroatoms. The molecule has 23 heavy (non-hydrogen) atoms. The number of methoxy groups -OCH3 is 1. The van der Waals surface area contributed by atoms with E-state index in [0.29, 0.717) is 11.6 Å². The van der Waals surface area contributed by atoms with Crippen LogP contribution in [0.1, 0.15) is 5.56 Å². The molecule has 0 saturated carbocycles. The van der Waals surface area contributed by atoms with E-state index < -0.39 is 10.0 Å². The van der Waals surface area contributed by atoms with Crippen molar-refractivity contribution in [1.29, 1.82) is 0 Å². The van der Waals surface area contributed by atoms with Crippen molar-refractivity contribution in [3.63, 3.8) is 0 Å². The van der Waals surface area contributed by atoms with Crippen LogP contribution in [0.3, 0.4) is 0 Å². The van der Waals surface area contributed by atoms with Gasteiger partial charge in [0.05, 0.1) is 18.8 Å². The second-order valence-corrected chi connectivity index (χ2v) is 6.74. The maximum absolute atomic E-state index is 12.4. The highest BCUT2D eigenvalue weighted by Crippen LogP contribution is 2.25. The number of hydrogen-bond donors (Lipinski definition) is 1. The number of ether oxygens (including phenoxy) is 1. The lowest BCUT2D eigenvalue weighted by atomic mass is 10.1. The van der Waals surface area contributed by atoms with Crippen LogP contribution in [-0.2, 0) is 17.1 Å². The quantitative estimate of drug-likeness (QED) is 0.790. The van der Waals surface area contributed by atoms with Gasteiger partial charge in [-0.1, -0.05) is 0 Å². The predicted molar refractivity (Wildman–Crippen MR) is 87.0 cm³/mol. The van der Waals surface area contributed by atoms with Crippen LogP contribution in [0.4, 0.5) is 5.69 Å². The second kappa shape index (κ2) is 5.54. The number of nitrogens with one attached hydrogen (secondary N) is 1. The molecule has 3 rings (SSSR count). The van der Waals surface area contributed by atoms with Gasteiger partial charge in [-0.15, -0.1) is 0 Å². The average Bonchev–Trinajstić information content (AvgIpc) is 2.94. The van der Waals surface area contributed by atoms with E-state index in [4.69, 9.17) is 4.74 Å². The van der Waals surface area contributed by atoms with Crippen molar-refractivity contribution in [1.82, 2.24) is 14.8 Å². The molecule has 0 unspecified atom stereocenters. The summed E-state index contributed by atoms with van der Waals surface area (Å²) >= 11 is 0. The molecule has 3 aromatic rings. The predicted octanol–water partition coefficient (Wildman–Crippen LogP) is 2.09. The molecule has 0 spiro atoms.